The van der Waals surface area contributed by atoms with Gasteiger partial charge in [-0.05, 0) is 66.1 Å². The Morgan fingerprint density at radius 1 is 0.639 bits per heavy atom. The van der Waals surface area contributed by atoms with Crippen LogP contribution in [-0.4, -0.2) is 6.98 Å². The highest BCUT2D eigenvalue weighted by molar-refractivity contribution is 6.85. The molecule has 0 atom stereocenters. The monoisotopic (exact) mass is 474 g/mol. The lowest BCUT2D eigenvalue weighted by Gasteiger charge is -2.30. The van der Waals surface area contributed by atoms with Gasteiger partial charge in [0.1, 0.15) is 5.69 Å². The lowest BCUT2D eigenvalue weighted by molar-refractivity contribution is -0.658. The van der Waals surface area contributed by atoms with Gasteiger partial charge in [-0.1, -0.05) is 82.3 Å². The molecule has 0 fully saturated rings. The molecule has 4 aromatic rings. The van der Waals surface area contributed by atoms with Crippen LogP contribution in [0.25, 0.3) is 0 Å². The second kappa shape index (κ2) is 9.50. The third-order valence-corrected chi connectivity index (χ3v) is 7.51. The molecule has 0 bridgehead atoms. The summed E-state index contributed by atoms with van der Waals surface area (Å²) >= 11 is 0. The molecule has 3 aromatic carbocycles. The summed E-state index contributed by atoms with van der Waals surface area (Å²) in [7, 11) is 2.15. The van der Waals surface area contributed by atoms with Gasteiger partial charge in [-0.15, -0.1) is 0 Å². The fraction of sp³-hybridized carbons (Fsp3) is 0.281. The van der Waals surface area contributed by atoms with E-state index in [4.69, 9.17) is 0 Å². The lowest BCUT2D eigenvalue weighted by Crippen LogP contribution is -2.58. The van der Waals surface area contributed by atoms with Gasteiger partial charge in [0.2, 0.25) is 0 Å². The molecule has 2 heterocycles. The average molecular weight is 474 g/mol. The minimum atomic E-state index is -0.00759. The number of aromatic nitrogens is 1. The van der Waals surface area contributed by atoms with Crippen molar-refractivity contribution in [2.24, 2.45) is 7.05 Å². The Bertz CT molecular complexity index is 1370. The number of hydrogen-bond acceptors (Lipinski definition) is 2. The maximum absolute atomic E-state index is 2.58. The van der Waals surface area contributed by atoms with Crippen molar-refractivity contribution in [1.29, 1.82) is 0 Å². The number of benzene rings is 3. The lowest BCUT2D eigenvalue weighted by atomic mass is 9.58. The normalized spacial score (nSPS) is 13.2. The molecule has 0 aliphatic carbocycles. The van der Waals surface area contributed by atoms with Gasteiger partial charge in [-0.3, -0.25) is 4.81 Å². The quantitative estimate of drug-likeness (QED) is 0.226. The van der Waals surface area contributed by atoms with Crippen LogP contribution in [0.5, 0.6) is 0 Å². The molecule has 0 N–H and O–H groups in total. The zero-order chi connectivity index (χ0) is 25.6. The molecule has 4 heteroatoms. The summed E-state index contributed by atoms with van der Waals surface area (Å²) in [5, 5.41) is 0. The van der Waals surface area contributed by atoms with E-state index in [0.717, 1.165) is 0 Å². The number of para-hydroxylation sites is 1. The summed E-state index contributed by atoms with van der Waals surface area (Å²) in [4.78, 5) is 5.16. The van der Waals surface area contributed by atoms with E-state index in [0.29, 0.717) is 11.8 Å². The second-order valence-corrected chi connectivity index (χ2v) is 10.7. The fourth-order valence-corrected chi connectivity index (χ4v) is 5.78. The second-order valence-electron chi connectivity index (χ2n) is 10.7. The number of aryl methyl sites for hydroxylation is 3. The maximum Gasteiger partial charge on any atom is 0.543 e. The van der Waals surface area contributed by atoms with Gasteiger partial charge >= 0.3 is 6.98 Å². The van der Waals surface area contributed by atoms with Crippen LogP contribution in [0.1, 0.15) is 61.8 Å². The Kier molecular flexibility index (Phi) is 6.38. The van der Waals surface area contributed by atoms with E-state index >= 15 is 0 Å². The minimum absolute atomic E-state index is 0.00759. The third-order valence-electron chi connectivity index (χ3n) is 7.51. The summed E-state index contributed by atoms with van der Waals surface area (Å²) in [6, 6.07) is 28.9. The zero-order valence-corrected chi connectivity index (χ0v) is 22.7. The van der Waals surface area contributed by atoms with Crippen molar-refractivity contribution >= 4 is 35.3 Å². The van der Waals surface area contributed by atoms with Crippen molar-refractivity contribution < 1.29 is 4.57 Å². The molecule has 36 heavy (non-hydrogen) atoms. The smallest absolute Gasteiger partial charge is 0.336 e. The van der Waals surface area contributed by atoms with Crippen LogP contribution in [0.2, 0.25) is 0 Å². The van der Waals surface area contributed by atoms with E-state index in [1.165, 1.54) is 50.6 Å². The van der Waals surface area contributed by atoms with Crippen molar-refractivity contribution in [3.63, 3.8) is 0 Å². The van der Waals surface area contributed by atoms with Crippen LogP contribution in [0.15, 0.2) is 85.1 Å². The summed E-state index contributed by atoms with van der Waals surface area (Å²) in [5.74, 6) is 2.01. The molecule has 1 aromatic heterocycles. The molecule has 0 radical (unpaired) electrons. The van der Waals surface area contributed by atoms with Crippen LogP contribution in [-0.2, 0) is 7.05 Å². The van der Waals surface area contributed by atoms with E-state index in [2.05, 4.69) is 148 Å². The highest BCUT2D eigenvalue weighted by atomic mass is 15.3. The summed E-state index contributed by atoms with van der Waals surface area (Å²) < 4.78 is 2.25. The molecule has 1 aliphatic rings. The molecular weight excluding hydrogens is 437 g/mol. The predicted molar refractivity (Wildman–Crippen MR) is 154 cm³/mol. The number of fused-ring (bicyclic) bond motifs is 1. The first-order valence-electron chi connectivity index (χ1n) is 13.1. The van der Waals surface area contributed by atoms with Crippen LogP contribution in [0.3, 0.4) is 0 Å². The van der Waals surface area contributed by atoms with Crippen molar-refractivity contribution in [2.75, 3.05) is 9.62 Å². The first kappa shape index (κ1) is 24.2. The number of hydrogen-bond donors (Lipinski definition) is 0. The molecule has 0 unspecified atom stereocenters. The average Bonchev–Trinajstić information content (AvgIpc) is 3.23. The number of anilines is 4. The van der Waals surface area contributed by atoms with Crippen LogP contribution < -0.4 is 19.7 Å². The Morgan fingerprint density at radius 3 is 1.75 bits per heavy atom. The van der Waals surface area contributed by atoms with Crippen molar-refractivity contribution in [1.82, 2.24) is 0 Å². The van der Waals surface area contributed by atoms with Crippen LogP contribution in [0.4, 0.5) is 22.9 Å². The summed E-state index contributed by atoms with van der Waals surface area (Å²) in [6.07, 6.45) is 2.15. The predicted octanol–water partition coefficient (Wildman–Crippen LogP) is 7.06. The van der Waals surface area contributed by atoms with E-state index in [1.54, 1.807) is 0 Å². The molecule has 5 rings (SSSR count). The summed E-state index contributed by atoms with van der Waals surface area (Å²) in [5.41, 5.74) is 10.6. The van der Waals surface area contributed by atoms with Gasteiger partial charge in [-0.25, -0.2) is 4.57 Å². The first-order chi connectivity index (χ1) is 17.3. The van der Waals surface area contributed by atoms with Gasteiger partial charge in [0, 0.05) is 17.2 Å². The number of pyridine rings is 1. The zero-order valence-electron chi connectivity index (χ0n) is 22.7. The number of rotatable bonds is 5. The van der Waals surface area contributed by atoms with E-state index in [1.807, 2.05) is 0 Å². The van der Waals surface area contributed by atoms with E-state index in [9.17, 15) is 0 Å². The largest absolute Gasteiger partial charge is 0.543 e. The van der Waals surface area contributed by atoms with Crippen molar-refractivity contribution in [3.05, 3.63) is 107 Å². The highest BCUT2D eigenvalue weighted by Crippen LogP contribution is 2.49. The van der Waals surface area contributed by atoms with Crippen LogP contribution >= 0.6 is 0 Å². The van der Waals surface area contributed by atoms with E-state index < -0.39 is 0 Å². The molecule has 0 saturated carbocycles. The molecule has 182 valence electrons. The van der Waals surface area contributed by atoms with Gasteiger partial charge in [-0.2, -0.15) is 0 Å². The van der Waals surface area contributed by atoms with Gasteiger partial charge < -0.3 is 4.81 Å². The summed E-state index contributed by atoms with van der Waals surface area (Å²) in [6.45, 7) is 13.8. The highest BCUT2D eigenvalue weighted by Gasteiger charge is 2.54. The Morgan fingerprint density at radius 2 is 1.19 bits per heavy atom. The SMILES string of the molecule is Cc1ccc(C)c2c1N(c1ccccc1)B(c1c(C(C)C)cccc1C(C)C)N2c1cccc[n+]1C. The van der Waals surface area contributed by atoms with Crippen molar-refractivity contribution in [3.8, 4) is 0 Å². The Hall–Kier alpha value is -3.53. The van der Waals surface area contributed by atoms with Gasteiger partial charge in [0.05, 0.1) is 18.9 Å². The first-order valence-corrected chi connectivity index (χ1v) is 13.1. The number of nitrogens with zero attached hydrogens (tertiary/aromatic N) is 3. The minimum Gasteiger partial charge on any atom is -0.336 e. The third kappa shape index (κ3) is 3.89. The van der Waals surface area contributed by atoms with Gasteiger partial charge in [0.25, 0.3) is 5.82 Å². The molecular formula is C32H37BN3+. The molecule has 0 saturated heterocycles. The molecule has 0 spiro atoms. The van der Waals surface area contributed by atoms with E-state index in [-0.39, 0.29) is 6.98 Å². The van der Waals surface area contributed by atoms with Gasteiger partial charge in [0.15, 0.2) is 0 Å². The topological polar surface area (TPSA) is 10.4 Å². The molecule has 3 nitrogen and oxygen atoms in total. The standard InChI is InChI=1S/C32H37BN3/c1-22(2)27-16-13-17-28(23(3)4)30(27)33-35(26-14-9-8-10-15-26)31-24(5)19-20-25(6)32(31)36(33)29-18-11-12-21-34(29)7/h8-23H,1-7H3/q+1. The molecule has 1 aliphatic heterocycles. The fourth-order valence-electron chi connectivity index (χ4n) is 5.78. The Balaban J connectivity index is 1.94. The maximum atomic E-state index is 2.58. The Labute approximate surface area is 217 Å². The molecule has 0 amide bonds. The van der Waals surface area contributed by atoms with Crippen LogP contribution in [0, 0.1) is 13.8 Å². The van der Waals surface area contributed by atoms with Crippen molar-refractivity contribution in [2.45, 2.75) is 53.4 Å².